The summed E-state index contributed by atoms with van der Waals surface area (Å²) in [7, 11) is 0. The van der Waals surface area contributed by atoms with Gasteiger partial charge in [0.05, 0.1) is 19.4 Å². The van der Waals surface area contributed by atoms with E-state index in [-0.39, 0.29) is 5.57 Å². The third kappa shape index (κ3) is 4.54. The third-order valence-corrected chi connectivity index (χ3v) is 2.73. The molecular weight excluding hydrogens is 385 g/mol. The molecule has 0 aromatic heterocycles. The van der Waals surface area contributed by atoms with Crippen LogP contribution in [0.4, 0.5) is 48.3 Å². The fourth-order valence-corrected chi connectivity index (χ4v) is 1.35. The molecule has 0 fully saturated rings. The van der Waals surface area contributed by atoms with Crippen molar-refractivity contribution in [1.29, 1.82) is 0 Å². The van der Waals surface area contributed by atoms with Crippen molar-refractivity contribution in [3.63, 3.8) is 0 Å². The van der Waals surface area contributed by atoms with Gasteiger partial charge >= 0.3 is 35.8 Å². The van der Waals surface area contributed by atoms with E-state index in [0.29, 0.717) is 0 Å². The predicted octanol–water partition coefficient (Wildman–Crippen LogP) is 4.99. The normalized spacial score (nSPS) is 14.4. The maximum Gasteiger partial charge on any atom is 0.460 e. The van der Waals surface area contributed by atoms with Crippen LogP contribution in [0.25, 0.3) is 0 Å². The molecule has 2 nitrogen and oxygen atoms in total. The van der Waals surface area contributed by atoms with Crippen molar-refractivity contribution in [3.8, 4) is 0 Å². The fourth-order valence-electron chi connectivity index (χ4n) is 1.35. The third-order valence-electron chi connectivity index (χ3n) is 2.73. The second-order valence-electron chi connectivity index (χ2n) is 5.03. The number of ether oxygens (including phenoxy) is 1. The van der Waals surface area contributed by atoms with Crippen LogP contribution in [0, 0.1) is 0 Å². The van der Waals surface area contributed by atoms with Crippen LogP contribution in [-0.2, 0) is 9.53 Å². The zero-order valence-corrected chi connectivity index (χ0v) is 12.3. The summed E-state index contributed by atoms with van der Waals surface area (Å²) < 4.78 is 143. The molecule has 0 spiro atoms. The van der Waals surface area contributed by atoms with E-state index in [2.05, 4.69) is 11.3 Å². The predicted molar refractivity (Wildman–Crippen MR) is 60.9 cm³/mol. The molecule has 0 aromatic carbocycles. The second kappa shape index (κ2) is 6.98. The first-order valence-electron chi connectivity index (χ1n) is 6.19. The Morgan fingerprint density at radius 1 is 0.840 bits per heavy atom. The van der Waals surface area contributed by atoms with Crippen molar-refractivity contribution >= 4 is 5.97 Å². The SMILES string of the molecule is C=C(C)CC(=O)OCCC(F)(F)C(F)(F)C(F)(F)C(F)(F)C(F)(F)F. The Morgan fingerprint density at radius 2 is 1.28 bits per heavy atom. The molecule has 0 N–H and O–H groups in total. The number of rotatable bonds is 8. The number of halogens is 11. The summed E-state index contributed by atoms with van der Waals surface area (Å²) in [6.45, 7) is 2.89. The summed E-state index contributed by atoms with van der Waals surface area (Å²) >= 11 is 0. The molecule has 0 unspecified atom stereocenters. The summed E-state index contributed by atoms with van der Waals surface area (Å²) in [5.41, 5.74) is 0.165. The van der Waals surface area contributed by atoms with Gasteiger partial charge in [0.25, 0.3) is 0 Å². The first kappa shape index (κ1) is 23.4. The maximum atomic E-state index is 13.2. The Hall–Kier alpha value is -1.56. The molecule has 0 amide bonds. The monoisotopic (exact) mass is 396 g/mol. The van der Waals surface area contributed by atoms with E-state index < -0.39 is 55.3 Å². The van der Waals surface area contributed by atoms with Crippen molar-refractivity contribution < 1.29 is 57.8 Å². The maximum absolute atomic E-state index is 13.2. The van der Waals surface area contributed by atoms with Crippen molar-refractivity contribution in [2.75, 3.05) is 6.61 Å². The van der Waals surface area contributed by atoms with Gasteiger partial charge in [-0.3, -0.25) is 4.79 Å². The second-order valence-corrected chi connectivity index (χ2v) is 5.03. The average Bonchev–Trinajstić information content (AvgIpc) is 2.35. The first-order valence-corrected chi connectivity index (χ1v) is 6.19. The van der Waals surface area contributed by atoms with E-state index in [4.69, 9.17) is 0 Å². The molecule has 0 rings (SSSR count). The van der Waals surface area contributed by atoms with Crippen molar-refractivity contribution in [2.45, 2.75) is 49.6 Å². The standard InChI is InChI=1S/C12H11F11O2/c1-6(2)5-7(24)25-4-3-8(13,14)9(15,16)10(17,18)11(19,20)12(21,22)23/h1,3-5H2,2H3. The van der Waals surface area contributed by atoms with Crippen LogP contribution in [-0.4, -0.2) is 42.4 Å². The van der Waals surface area contributed by atoms with Crippen LogP contribution in [0.15, 0.2) is 12.2 Å². The minimum atomic E-state index is -7.45. The average molecular weight is 396 g/mol. The zero-order valence-electron chi connectivity index (χ0n) is 12.3. The van der Waals surface area contributed by atoms with Crippen molar-refractivity contribution in [3.05, 3.63) is 12.2 Å². The highest BCUT2D eigenvalue weighted by molar-refractivity contribution is 5.72. The number of hydrogen-bond acceptors (Lipinski definition) is 2. The van der Waals surface area contributed by atoms with Crippen molar-refractivity contribution in [1.82, 2.24) is 0 Å². The molecule has 0 aromatic rings. The Morgan fingerprint density at radius 3 is 1.64 bits per heavy atom. The van der Waals surface area contributed by atoms with E-state index in [1.807, 2.05) is 0 Å². The summed E-state index contributed by atoms with van der Waals surface area (Å²) in [4.78, 5) is 10.9. The number of alkyl halides is 11. The topological polar surface area (TPSA) is 26.3 Å². The summed E-state index contributed by atoms with van der Waals surface area (Å²) in [6, 6.07) is 0. The lowest BCUT2D eigenvalue weighted by Crippen LogP contribution is -2.66. The van der Waals surface area contributed by atoms with Gasteiger partial charge < -0.3 is 4.74 Å². The minimum Gasteiger partial charge on any atom is -0.465 e. The van der Waals surface area contributed by atoms with Gasteiger partial charge in [-0.05, 0) is 6.92 Å². The van der Waals surface area contributed by atoms with Crippen LogP contribution in [0.2, 0.25) is 0 Å². The van der Waals surface area contributed by atoms with E-state index in [1.54, 1.807) is 0 Å². The smallest absolute Gasteiger partial charge is 0.460 e. The van der Waals surface area contributed by atoms with Crippen LogP contribution >= 0.6 is 0 Å². The zero-order chi connectivity index (χ0) is 20.5. The Kier molecular flexibility index (Phi) is 6.55. The highest BCUT2D eigenvalue weighted by Crippen LogP contribution is 2.57. The lowest BCUT2D eigenvalue weighted by Gasteiger charge is -2.37. The van der Waals surface area contributed by atoms with E-state index in [1.165, 1.54) is 6.92 Å². The largest absolute Gasteiger partial charge is 0.465 e. The van der Waals surface area contributed by atoms with Crippen LogP contribution < -0.4 is 0 Å². The highest BCUT2D eigenvalue weighted by Gasteiger charge is 2.86. The molecule has 0 aliphatic rings. The number of carbonyl (C=O) groups excluding carboxylic acids is 1. The molecule has 0 radical (unpaired) electrons. The molecule has 148 valence electrons. The summed E-state index contributed by atoms with van der Waals surface area (Å²) in [5.74, 6) is -29.3. The number of hydrogen-bond donors (Lipinski definition) is 0. The van der Waals surface area contributed by atoms with Crippen LogP contribution in [0.5, 0.6) is 0 Å². The van der Waals surface area contributed by atoms with Crippen LogP contribution in [0.3, 0.4) is 0 Å². The molecule has 0 aliphatic carbocycles. The van der Waals surface area contributed by atoms with Gasteiger partial charge in [0.2, 0.25) is 0 Å². The fraction of sp³-hybridized carbons (Fsp3) is 0.750. The molecule has 0 atom stereocenters. The van der Waals surface area contributed by atoms with Gasteiger partial charge in [0.1, 0.15) is 0 Å². The van der Waals surface area contributed by atoms with E-state index in [9.17, 15) is 53.1 Å². The van der Waals surface area contributed by atoms with Gasteiger partial charge in [-0.2, -0.15) is 48.3 Å². The van der Waals surface area contributed by atoms with Gasteiger partial charge in [-0.15, -0.1) is 0 Å². The molecule has 0 aliphatic heterocycles. The van der Waals surface area contributed by atoms with Gasteiger partial charge in [0, 0.05) is 0 Å². The lowest BCUT2D eigenvalue weighted by molar-refractivity contribution is -0.422. The highest BCUT2D eigenvalue weighted by atomic mass is 19.4. The number of esters is 1. The van der Waals surface area contributed by atoms with Gasteiger partial charge in [0.15, 0.2) is 0 Å². The van der Waals surface area contributed by atoms with Gasteiger partial charge in [-0.1, -0.05) is 12.2 Å². The molecule has 0 saturated carbocycles. The molecule has 0 heterocycles. The molecule has 0 bridgehead atoms. The molecule has 13 heteroatoms. The van der Waals surface area contributed by atoms with Crippen LogP contribution in [0.1, 0.15) is 19.8 Å². The quantitative estimate of drug-likeness (QED) is 0.328. The van der Waals surface area contributed by atoms with Crippen molar-refractivity contribution in [2.24, 2.45) is 0 Å². The summed E-state index contributed by atoms with van der Waals surface area (Å²) in [5, 5.41) is 0. The number of carbonyl (C=O) groups is 1. The Bertz CT molecular complexity index is 508. The molecule has 25 heavy (non-hydrogen) atoms. The Balaban J connectivity index is 5.33. The van der Waals surface area contributed by atoms with E-state index >= 15 is 0 Å². The first-order chi connectivity index (χ1) is 10.8. The minimum absolute atomic E-state index is 0.165. The lowest BCUT2D eigenvalue weighted by atomic mass is 9.96. The Labute approximate surface area is 133 Å². The summed E-state index contributed by atoms with van der Waals surface area (Å²) in [6.07, 6.45) is -10.2. The molecule has 0 saturated heterocycles. The van der Waals surface area contributed by atoms with Gasteiger partial charge in [-0.25, -0.2) is 0 Å². The molecular formula is C12H11F11O2. The van der Waals surface area contributed by atoms with E-state index in [0.717, 1.165) is 0 Å².